The predicted octanol–water partition coefficient (Wildman–Crippen LogP) is 6.53. The lowest BCUT2D eigenvalue weighted by Gasteiger charge is -2.33. The van der Waals surface area contributed by atoms with Gasteiger partial charge < -0.3 is 0 Å². The molecular weight excluding hydrogens is 333 g/mol. The molecule has 0 aromatic heterocycles. The van der Waals surface area contributed by atoms with Crippen molar-refractivity contribution in [1.29, 1.82) is 0 Å². The van der Waals surface area contributed by atoms with Gasteiger partial charge in [0, 0.05) is 5.56 Å². The smallest absolute Gasteiger partial charge is 0.202 e. The van der Waals surface area contributed by atoms with Crippen LogP contribution in [0.15, 0.2) is 48.6 Å². The van der Waals surface area contributed by atoms with Crippen molar-refractivity contribution in [3.8, 4) is 11.8 Å². The average molecular weight is 356 g/mol. The van der Waals surface area contributed by atoms with Gasteiger partial charge in [-0.15, -0.1) is 0 Å². The zero-order valence-corrected chi connectivity index (χ0v) is 14.9. The van der Waals surface area contributed by atoms with Crippen LogP contribution in [0.3, 0.4) is 0 Å². The molecule has 2 aromatic rings. The van der Waals surface area contributed by atoms with E-state index in [-0.39, 0.29) is 24.6 Å². The number of benzene rings is 2. The van der Waals surface area contributed by atoms with Crippen LogP contribution in [0.25, 0.3) is 10.8 Å². The lowest BCUT2D eigenvalue weighted by atomic mass is 9.77. The molecule has 0 N–H and O–H groups in total. The van der Waals surface area contributed by atoms with Gasteiger partial charge in [0.2, 0.25) is 5.67 Å². The number of fused-ring (bicyclic) bond motifs is 1. The van der Waals surface area contributed by atoms with Gasteiger partial charge in [-0.1, -0.05) is 36.1 Å². The Morgan fingerprint density at radius 2 is 1.96 bits per heavy atom. The third-order valence-electron chi connectivity index (χ3n) is 5.15. The van der Waals surface area contributed by atoms with E-state index in [2.05, 4.69) is 17.9 Å². The van der Waals surface area contributed by atoms with Crippen LogP contribution >= 0.6 is 0 Å². The molecule has 2 aromatic carbocycles. The number of halogens is 3. The summed E-state index contributed by atoms with van der Waals surface area (Å²) in [6.45, 7) is 1.96. The Hall–Kier alpha value is -2.21. The molecule has 0 radical (unpaired) electrons. The van der Waals surface area contributed by atoms with Gasteiger partial charge in [-0.25, -0.2) is 13.2 Å². The maximum atomic E-state index is 15.0. The number of rotatable bonds is 3. The second-order valence-electron chi connectivity index (χ2n) is 7.07. The highest BCUT2D eigenvalue weighted by molar-refractivity contribution is 5.83. The van der Waals surface area contributed by atoms with Crippen LogP contribution in [0.5, 0.6) is 0 Å². The summed E-state index contributed by atoms with van der Waals surface area (Å²) in [5.74, 6) is 5.26. The fourth-order valence-corrected chi connectivity index (χ4v) is 3.54. The molecule has 3 unspecified atom stereocenters. The highest BCUT2D eigenvalue weighted by Crippen LogP contribution is 2.39. The van der Waals surface area contributed by atoms with Crippen molar-refractivity contribution in [2.75, 3.05) is 0 Å². The maximum absolute atomic E-state index is 15.0. The van der Waals surface area contributed by atoms with E-state index in [1.165, 1.54) is 12.1 Å². The maximum Gasteiger partial charge on any atom is 0.202 e. The average Bonchev–Trinajstić information content (AvgIpc) is 2.63. The van der Waals surface area contributed by atoms with Crippen molar-refractivity contribution in [3.05, 3.63) is 59.9 Å². The molecule has 0 heterocycles. The van der Waals surface area contributed by atoms with Crippen LogP contribution in [0.4, 0.5) is 13.2 Å². The standard InChI is InChI=1S/C23H23F3/c1-2-3-4-5-17-10-12-23(26,22(25)15-17)13-11-18-6-7-20-16-21(24)9-8-19(20)14-18/h2-3,6-9,14,16-17,22H,4-5,10,12,15H2,1H3/b3-2+. The molecule has 0 spiro atoms. The van der Waals surface area contributed by atoms with Crippen molar-refractivity contribution < 1.29 is 13.2 Å². The SMILES string of the molecule is C/C=C/CCC1CCC(F)(C#Cc2ccc3cc(F)ccc3c2)C(F)C1. The molecular formula is C23H23F3. The van der Waals surface area contributed by atoms with Crippen molar-refractivity contribution in [3.63, 3.8) is 0 Å². The molecule has 136 valence electrons. The molecule has 1 aliphatic rings. The zero-order chi connectivity index (χ0) is 18.6. The van der Waals surface area contributed by atoms with Gasteiger partial charge in [0.15, 0.2) is 0 Å². The van der Waals surface area contributed by atoms with E-state index in [4.69, 9.17) is 0 Å². The third-order valence-corrected chi connectivity index (χ3v) is 5.15. The molecule has 0 nitrogen and oxygen atoms in total. The summed E-state index contributed by atoms with van der Waals surface area (Å²) >= 11 is 0. The second-order valence-corrected chi connectivity index (χ2v) is 7.07. The van der Waals surface area contributed by atoms with E-state index < -0.39 is 11.8 Å². The van der Waals surface area contributed by atoms with E-state index in [9.17, 15) is 13.2 Å². The lowest BCUT2D eigenvalue weighted by molar-refractivity contribution is 0.0365. The predicted molar refractivity (Wildman–Crippen MR) is 101 cm³/mol. The van der Waals surface area contributed by atoms with Gasteiger partial charge in [0.1, 0.15) is 12.0 Å². The Labute approximate surface area is 153 Å². The molecule has 1 saturated carbocycles. The summed E-state index contributed by atoms with van der Waals surface area (Å²) in [5, 5.41) is 1.59. The fourth-order valence-electron chi connectivity index (χ4n) is 3.54. The first kappa shape index (κ1) is 18.6. The third kappa shape index (κ3) is 4.30. The van der Waals surface area contributed by atoms with Gasteiger partial charge in [-0.05, 0) is 80.0 Å². The quantitative estimate of drug-likeness (QED) is 0.433. The summed E-state index contributed by atoms with van der Waals surface area (Å²) in [6.07, 6.45) is 5.36. The van der Waals surface area contributed by atoms with Crippen LogP contribution < -0.4 is 0 Å². The number of alkyl halides is 2. The van der Waals surface area contributed by atoms with Crippen LogP contribution in [0.2, 0.25) is 0 Å². The molecule has 0 bridgehead atoms. The highest BCUT2D eigenvalue weighted by Gasteiger charge is 2.43. The van der Waals surface area contributed by atoms with E-state index in [0.717, 1.165) is 23.6 Å². The summed E-state index contributed by atoms with van der Waals surface area (Å²) in [4.78, 5) is 0. The molecule has 1 fully saturated rings. The Morgan fingerprint density at radius 3 is 2.73 bits per heavy atom. The molecule has 0 saturated heterocycles. The Morgan fingerprint density at radius 1 is 1.19 bits per heavy atom. The van der Waals surface area contributed by atoms with Gasteiger partial charge in [0.25, 0.3) is 0 Å². The molecule has 0 aliphatic heterocycles. The number of allylic oxidation sites excluding steroid dienone is 2. The first-order valence-electron chi connectivity index (χ1n) is 9.17. The van der Waals surface area contributed by atoms with E-state index in [0.29, 0.717) is 12.0 Å². The van der Waals surface area contributed by atoms with Crippen molar-refractivity contribution >= 4 is 10.8 Å². The van der Waals surface area contributed by atoms with Crippen molar-refractivity contribution in [2.24, 2.45) is 5.92 Å². The van der Waals surface area contributed by atoms with Crippen molar-refractivity contribution in [2.45, 2.75) is 50.9 Å². The van der Waals surface area contributed by atoms with Gasteiger partial charge in [0.05, 0.1) is 0 Å². The minimum atomic E-state index is -2.07. The highest BCUT2D eigenvalue weighted by atomic mass is 19.2. The molecule has 1 aliphatic carbocycles. The first-order chi connectivity index (χ1) is 12.5. The summed E-state index contributed by atoms with van der Waals surface area (Å²) in [6, 6.07) is 9.72. The molecule has 3 rings (SSSR count). The Bertz CT molecular complexity index is 859. The normalized spacial score (nSPS) is 26.0. The minimum absolute atomic E-state index is 0.139. The lowest BCUT2D eigenvalue weighted by Crippen LogP contribution is -2.39. The zero-order valence-electron chi connectivity index (χ0n) is 14.9. The summed E-state index contributed by atoms with van der Waals surface area (Å²) in [5.41, 5.74) is -1.46. The minimum Gasteiger partial charge on any atom is -0.243 e. The summed E-state index contributed by atoms with van der Waals surface area (Å²) in [7, 11) is 0. The van der Waals surface area contributed by atoms with Crippen LogP contribution in [0.1, 0.15) is 44.6 Å². The van der Waals surface area contributed by atoms with E-state index in [1.54, 1.807) is 24.3 Å². The van der Waals surface area contributed by atoms with Gasteiger partial charge >= 0.3 is 0 Å². The first-order valence-corrected chi connectivity index (χ1v) is 9.17. The van der Waals surface area contributed by atoms with Crippen molar-refractivity contribution in [1.82, 2.24) is 0 Å². The number of hydrogen-bond acceptors (Lipinski definition) is 0. The van der Waals surface area contributed by atoms with E-state index in [1.807, 2.05) is 13.0 Å². The van der Waals surface area contributed by atoms with Crippen LogP contribution in [-0.2, 0) is 0 Å². The molecule has 0 amide bonds. The summed E-state index contributed by atoms with van der Waals surface area (Å²) < 4.78 is 42.7. The topological polar surface area (TPSA) is 0 Å². The largest absolute Gasteiger partial charge is 0.243 e. The fraction of sp³-hybridized carbons (Fsp3) is 0.391. The monoisotopic (exact) mass is 356 g/mol. The van der Waals surface area contributed by atoms with Crippen LogP contribution in [0, 0.1) is 23.6 Å². The number of hydrogen-bond donors (Lipinski definition) is 0. The van der Waals surface area contributed by atoms with Crippen LogP contribution in [-0.4, -0.2) is 11.8 Å². The molecule has 3 heteroatoms. The Balaban J connectivity index is 1.71. The van der Waals surface area contributed by atoms with Gasteiger partial charge in [-0.3, -0.25) is 0 Å². The van der Waals surface area contributed by atoms with Gasteiger partial charge in [-0.2, -0.15) is 0 Å². The molecule has 26 heavy (non-hydrogen) atoms. The Kier molecular flexibility index (Phi) is 5.71. The second kappa shape index (κ2) is 7.99. The van der Waals surface area contributed by atoms with E-state index >= 15 is 0 Å². The molecule has 3 atom stereocenters.